The van der Waals surface area contributed by atoms with Crippen LogP contribution in [-0.2, 0) is 4.74 Å². The number of nitrogens with one attached hydrogen (secondary N) is 2. The number of carbonyl (C=O) groups is 1. The highest BCUT2D eigenvalue weighted by Crippen LogP contribution is 2.16. The van der Waals surface area contributed by atoms with E-state index < -0.39 is 5.60 Å². The van der Waals surface area contributed by atoms with Gasteiger partial charge >= 0.3 is 6.09 Å². The largest absolute Gasteiger partial charge is 0.444 e. The summed E-state index contributed by atoms with van der Waals surface area (Å²) in [6, 6.07) is 1.03. The molecule has 1 atom stereocenters. The van der Waals surface area contributed by atoms with E-state index in [2.05, 4.69) is 10.6 Å². The lowest BCUT2D eigenvalue weighted by Gasteiger charge is -2.27. The zero-order chi connectivity index (χ0) is 13.9. The second kappa shape index (κ2) is 6.09. The minimum atomic E-state index is -0.405. The standard InChI is InChI=1S/C14H27N3O2/c1-14(2,3)19-13(18)17-9-6-12(10-17)16-11-4-7-15-8-5-11/h11-12,15-16H,4-10H2,1-3H3/t12-/m0/s1. The van der Waals surface area contributed by atoms with Gasteiger partial charge in [0.2, 0.25) is 0 Å². The summed E-state index contributed by atoms with van der Waals surface area (Å²) in [5.74, 6) is 0. The zero-order valence-corrected chi connectivity index (χ0v) is 12.4. The average Bonchev–Trinajstić information content (AvgIpc) is 2.77. The summed E-state index contributed by atoms with van der Waals surface area (Å²) in [4.78, 5) is 13.8. The fourth-order valence-electron chi connectivity index (χ4n) is 2.71. The molecule has 2 aliphatic rings. The van der Waals surface area contributed by atoms with E-state index in [4.69, 9.17) is 4.74 Å². The van der Waals surface area contributed by atoms with Gasteiger partial charge in [-0.25, -0.2) is 4.79 Å². The number of nitrogens with zero attached hydrogens (tertiary/aromatic N) is 1. The van der Waals surface area contributed by atoms with Crippen molar-refractivity contribution in [2.24, 2.45) is 0 Å². The molecule has 2 heterocycles. The van der Waals surface area contributed by atoms with E-state index in [9.17, 15) is 4.79 Å². The second-order valence-corrected chi connectivity index (χ2v) is 6.60. The van der Waals surface area contributed by atoms with Gasteiger partial charge in [0.1, 0.15) is 5.60 Å². The van der Waals surface area contributed by atoms with Gasteiger partial charge in [-0.2, -0.15) is 0 Å². The van der Waals surface area contributed by atoms with Crippen molar-refractivity contribution in [2.45, 2.75) is 57.7 Å². The van der Waals surface area contributed by atoms with Crippen molar-refractivity contribution in [1.29, 1.82) is 0 Å². The monoisotopic (exact) mass is 269 g/mol. The topological polar surface area (TPSA) is 53.6 Å². The molecule has 5 nitrogen and oxygen atoms in total. The Morgan fingerprint density at radius 3 is 2.53 bits per heavy atom. The Morgan fingerprint density at radius 2 is 1.89 bits per heavy atom. The lowest BCUT2D eigenvalue weighted by atomic mass is 10.1. The first-order valence-corrected chi connectivity index (χ1v) is 7.39. The number of rotatable bonds is 2. The summed E-state index contributed by atoms with van der Waals surface area (Å²) in [5.41, 5.74) is -0.405. The molecule has 1 amide bonds. The number of piperidine rings is 1. The first-order chi connectivity index (χ1) is 8.94. The van der Waals surface area contributed by atoms with Crippen LogP contribution < -0.4 is 10.6 Å². The van der Waals surface area contributed by atoms with Crippen LogP contribution in [0.25, 0.3) is 0 Å². The zero-order valence-electron chi connectivity index (χ0n) is 12.4. The van der Waals surface area contributed by atoms with Crippen LogP contribution >= 0.6 is 0 Å². The maximum Gasteiger partial charge on any atom is 0.410 e. The third-order valence-corrected chi connectivity index (χ3v) is 3.65. The fraction of sp³-hybridized carbons (Fsp3) is 0.929. The predicted octanol–water partition coefficient (Wildman–Crippen LogP) is 1.34. The number of amides is 1. The van der Waals surface area contributed by atoms with E-state index in [0.717, 1.165) is 32.6 Å². The molecular weight excluding hydrogens is 242 g/mol. The Kier molecular flexibility index (Phi) is 4.68. The molecule has 0 aromatic carbocycles. The van der Waals surface area contributed by atoms with Gasteiger partial charge in [0.05, 0.1) is 0 Å². The van der Waals surface area contributed by atoms with Gasteiger partial charge in [-0.15, -0.1) is 0 Å². The quantitative estimate of drug-likeness (QED) is 0.794. The highest BCUT2D eigenvalue weighted by atomic mass is 16.6. The smallest absolute Gasteiger partial charge is 0.410 e. The van der Waals surface area contributed by atoms with E-state index in [0.29, 0.717) is 12.1 Å². The molecule has 2 fully saturated rings. The minimum Gasteiger partial charge on any atom is -0.444 e. The van der Waals surface area contributed by atoms with Gasteiger partial charge in [-0.3, -0.25) is 0 Å². The maximum absolute atomic E-state index is 12.0. The van der Waals surface area contributed by atoms with Gasteiger partial charge < -0.3 is 20.3 Å². The van der Waals surface area contributed by atoms with Gasteiger partial charge in [0, 0.05) is 25.2 Å². The Labute approximate surface area is 116 Å². The van der Waals surface area contributed by atoms with Crippen LogP contribution in [0.1, 0.15) is 40.0 Å². The second-order valence-electron chi connectivity index (χ2n) is 6.60. The van der Waals surface area contributed by atoms with Crippen LogP contribution in [-0.4, -0.2) is 54.9 Å². The van der Waals surface area contributed by atoms with Crippen LogP contribution in [0, 0.1) is 0 Å². The molecule has 0 unspecified atom stereocenters. The number of ether oxygens (including phenoxy) is 1. The molecule has 5 heteroatoms. The van der Waals surface area contributed by atoms with Crippen molar-refractivity contribution < 1.29 is 9.53 Å². The Hall–Kier alpha value is -0.810. The third-order valence-electron chi connectivity index (χ3n) is 3.65. The van der Waals surface area contributed by atoms with E-state index in [1.54, 1.807) is 0 Å². The van der Waals surface area contributed by atoms with Crippen molar-refractivity contribution >= 4 is 6.09 Å². The summed E-state index contributed by atoms with van der Waals surface area (Å²) >= 11 is 0. The van der Waals surface area contributed by atoms with Crippen LogP contribution in [0.3, 0.4) is 0 Å². The maximum atomic E-state index is 12.0. The van der Waals surface area contributed by atoms with Gasteiger partial charge in [-0.05, 0) is 53.1 Å². The average molecular weight is 269 g/mol. The number of hydrogen-bond donors (Lipinski definition) is 2. The molecule has 0 bridgehead atoms. The molecule has 0 aliphatic carbocycles. The molecule has 19 heavy (non-hydrogen) atoms. The van der Waals surface area contributed by atoms with Crippen molar-refractivity contribution in [3.63, 3.8) is 0 Å². The molecule has 2 aliphatic heterocycles. The van der Waals surface area contributed by atoms with Gasteiger partial charge in [0.25, 0.3) is 0 Å². The summed E-state index contributed by atoms with van der Waals surface area (Å²) in [6.07, 6.45) is 3.22. The van der Waals surface area contributed by atoms with Crippen LogP contribution in [0.4, 0.5) is 4.79 Å². The van der Waals surface area contributed by atoms with Crippen LogP contribution in [0.5, 0.6) is 0 Å². The van der Waals surface area contributed by atoms with Gasteiger partial charge in [0.15, 0.2) is 0 Å². The summed E-state index contributed by atoms with van der Waals surface area (Å²) in [7, 11) is 0. The normalized spacial score (nSPS) is 25.6. The van der Waals surface area contributed by atoms with Crippen LogP contribution in [0.2, 0.25) is 0 Å². The molecule has 0 spiro atoms. The molecule has 0 saturated carbocycles. The Balaban J connectivity index is 1.74. The summed E-state index contributed by atoms with van der Waals surface area (Å²) in [5, 5.41) is 7.04. The molecule has 2 N–H and O–H groups in total. The van der Waals surface area contributed by atoms with Crippen molar-refractivity contribution in [2.75, 3.05) is 26.2 Å². The Morgan fingerprint density at radius 1 is 1.21 bits per heavy atom. The molecular formula is C14H27N3O2. The van der Waals surface area contributed by atoms with Crippen molar-refractivity contribution in [3.05, 3.63) is 0 Å². The molecule has 0 aromatic rings. The van der Waals surface area contributed by atoms with E-state index >= 15 is 0 Å². The third kappa shape index (κ3) is 4.66. The van der Waals surface area contributed by atoms with Crippen LogP contribution in [0.15, 0.2) is 0 Å². The minimum absolute atomic E-state index is 0.179. The lowest BCUT2D eigenvalue weighted by molar-refractivity contribution is 0.0290. The number of likely N-dealkylation sites (tertiary alicyclic amines) is 1. The first-order valence-electron chi connectivity index (χ1n) is 7.39. The molecule has 110 valence electrons. The molecule has 2 rings (SSSR count). The van der Waals surface area contributed by atoms with E-state index in [1.807, 2.05) is 25.7 Å². The number of hydrogen-bond acceptors (Lipinski definition) is 4. The summed E-state index contributed by atoms with van der Waals surface area (Å²) in [6.45, 7) is 9.50. The lowest BCUT2D eigenvalue weighted by Crippen LogP contribution is -2.46. The van der Waals surface area contributed by atoms with E-state index in [-0.39, 0.29) is 6.09 Å². The first kappa shape index (κ1) is 14.6. The fourth-order valence-corrected chi connectivity index (χ4v) is 2.71. The Bertz CT molecular complexity index is 308. The number of carbonyl (C=O) groups excluding carboxylic acids is 1. The highest BCUT2D eigenvalue weighted by Gasteiger charge is 2.30. The molecule has 2 saturated heterocycles. The van der Waals surface area contributed by atoms with Crippen molar-refractivity contribution in [3.8, 4) is 0 Å². The van der Waals surface area contributed by atoms with Gasteiger partial charge in [-0.1, -0.05) is 0 Å². The molecule has 0 radical (unpaired) electrons. The molecule has 0 aromatic heterocycles. The SMILES string of the molecule is CC(C)(C)OC(=O)N1CC[C@H](NC2CCNCC2)C1. The summed E-state index contributed by atoms with van der Waals surface area (Å²) < 4.78 is 5.41. The van der Waals surface area contributed by atoms with Crippen molar-refractivity contribution in [1.82, 2.24) is 15.5 Å². The predicted molar refractivity (Wildman–Crippen MR) is 75.2 cm³/mol. The highest BCUT2D eigenvalue weighted by molar-refractivity contribution is 5.68. The van der Waals surface area contributed by atoms with E-state index in [1.165, 1.54) is 12.8 Å².